The van der Waals surface area contributed by atoms with Crippen molar-refractivity contribution in [2.75, 3.05) is 31.5 Å². The topological polar surface area (TPSA) is 94.2 Å². The zero-order chi connectivity index (χ0) is 30.6. The predicted octanol–water partition coefficient (Wildman–Crippen LogP) is 5.57. The number of Topliss-reactive ketones (excluding diaryl/α,β-unsaturated/α-hetero) is 2. The first-order chi connectivity index (χ1) is 21.4. The van der Waals surface area contributed by atoms with Crippen LogP contribution >= 0.6 is 0 Å². The number of ether oxygens (including phenoxy) is 3. The van der Waals surface area contributed by atoms with Gasteiger partial charge in [-0.2, -0.15) is 0 Å². The van der Waals surface area contributed by atoms with Gasteiger partial charge in [-0.25, -0.2) is 0 Å². The van der Waals surface area contributed by atoms with Crippen LogP contribution in [0.15, 0.2) is 97.1 Å². The largest absolute Gasteiger partial charge is 0.497 e. The van der Waals surface area contributed by atoms with Crippen LogP contribution < -0.4 is 24.4 Å². The van der Waals surface area contributed by atoms with Crippen molar-refractivity contribution in [1.82, 2.24) is 0 Å². The second kappa shape index (κ2) is 10.4. The summed E-state index contributed by atoms with van der Waals surface area (Å²) in [7, 11) is 4.55. The Balaban J connectivity index is 1.55. The number of nitrogens with one attached hydrogen (secondary N) is 1. The first-order valence-corrected chi connectivity index (χ1v) is 14.3. The van der Waals surface area contributed by atoms with E-state index in [0.29, 0.717) is 34.1 Å². The van der Waals surface area contributed by atoms with Crippen LogP contribution in [0.25, 0.3) is 6.08 Å². The van der Waals surface area contributed by atoms with Crippen molar-refractivity contribution in [3.8, 4) is 17.2 Å². The molecular weight excluding hydrogens is 556 g/mol. The van der Waals surface area contributed by atoms with Gasteiger partial charge in [0, 0.05) is 16.9 Å². The van der Waals surface area contributed by atoms with Crippen LogP contribution in [0.3, 0.4) is 0 Å². The lowest BCUT2D eigenvalue weighted by Crippen LogP contribution is -2.51. The highest BCUT2D eigenvalue weighted by Gasteiger charge is 2.70. The third-order valence-electron chi connectivity index (χ3n) is 9.12. The maximum Gasteiger partial charge on any atom is 0.238 e. The van der Waals surface area contributed by atoms with E-state index in [1.54, 1.807) is 42.5 Å². The molecule has 0 aliphatic carbocycles. The number of carbonyl (C=O) groups excluding carboxylic acids is 3. The Morgan fingerprint density at radius 3 is 2.34 bits per heavy atom. The minimum absolute atomic E-state index is 0.231. The van der Waals surface area contributed by atoms with Crippen molar-refractivity contribution in [2.24, 2.45) is 5.92 Å². The van der Waals surface area contributed by atoms with E-state index in [1.807, 2.05) is 65.6 Å². The molecule has 3 aliphatic rings. The summed E-state index contributed by atoms with van der Waals surface area (Å²) in [6.45, 7) is 0. The second-order valence-corrected chi connectivity index (χ2v) is 11.1. The number of rotatable bonds is 7. The highest BCUT2D eigenvalue weighted by atomic mass is 16.5. The molecule has 7 rings (SSSR count). The van der Waals surface area contributed by atoms with E-state index in [0.717, 1.165) is 11.3 Å². The van der Waals surface area contributed by atoms with E-state index >= 15 is 4.79 Å². The van der Waals surface area contributed by atoms with Gasteiger partial charge >= 0.3 is 0 Å². The Morgan fingerprint density at radius 2 is 1.55 bits per heavy atom. The molecule has 8 heteroatoms. The van der Waals surface area contributed by atoms with Gasteiger partial charge in [0.1, 0.15) is 28.7 Å². The number of amides is 1. The smallest absolute Gasteiger partial charge is 0.238 e. The normalized spacial score (nSPS) is 22.6. The van der Waals surface area contributed by atoms with Gasteiger partial charge < -0.3 is 24.4 Å². The molecule has 1 saturated heterocycles. The van der Waals surface area contributed by atoms with Crippen LogP contribution in [0.5, 0.6) is 17.2 Å². The van der Waals surface area contributed by atoms with Crippen LogP contribution in [-0.4, -0.2) is 50.9 Å². The van der Waals surface area contributed by atoms with E-state index in [1.165, 1.54) is 21.3 Å². The van der Waals surface area contributed by atoms with Crippen LogP contribution in [0.1, 0.15) is 31.8 Å². The van der Waals surface area contributed by atoms with Crippen molar-refractivity contribution in [1.29, 1.82) is 0 Å². The van der Waals surface area contributed by atoms with Gasteiger partial charge in [0.05, 0.1) is 38.9 Å². The van der Waals surface area contributed by atoms with Gasteiger partial charge in [-0.05, 0) is 53.6 Å². The molecule has 220 valence electrons. The van der Waals surface area contributed by atoms with Crippen LogP contribution in [0.4, 0.5) is 11.4 Å². The molecule has 0 saturated carbocycles. The number of para-hydroxylation sites is 2. The van der Waals surface area contributed by atoms with Crippen LogP contribution in [0.2, 0.25) is 0 Å². The van der Waals surface area contributed by atoms with Gasteiger partial charge in [0.15, 0.2) is 11.6 Å². The molecule has 0 bridgehead atoms. The summed E-state index contributed by atoms with van der Waals surface area (Å²) < 4.78 is 16.6. The molecule has 8 nitrogen and oxygen atoms in total. The molecule has 4 atom stereocenters. The fourth-order valence-electron chi connectivity index (χ4n) is 7.24. The van der Waals surface area contributed by atoms with Gasteiger partial charge in [0.2, 0.25) is 5.91 Å². The van der Waals surface area contributed by atoms with Crippen molar-refractivity contribution < 1.29 is 28.6 Å². The number of carbonyl (C=O) groups is 3. The average Bonchev–Trinajstić information content (AvgIpc) is 3.55. The summed E-state index contributed by atoms with van der Waals surface area (Å²) in [6.07, 6.45) is 3.92. The molecule has 44 heavy (non-hydrogen) atoms. The number of anilines is 2. The van der Waals surface area contributed by atoms with E-state index < -0.39 is 29.2 Å². The Labute approximate surface area is 254 Å². The summed E-state index contributed by atoms with van der Waals surface area (Å²) >= 11 is 0. The summed E-state index contributed by atoms with van der Waals surface area (Å²) in [6, 6.07) is 25.3. The summed E-state index contributed by atoms with van der Waals surface area (Å²) in [4.78, 5) is 46.6. The Morgan fingerprint density at radius 1 is 0.795 bits per heavy atom. The minimum Gasteiger partial charge on any atom is -0.497 e. The SMILES string of the molecule is COc1cccc(C(=O)[C@@H]2[C@H](C(=O)c3cc(OC)ccc3OC)[C@]3(C(=O)Nc4ccccc43)[C@H]3C=Cc4ccccc4N23)c1. The van der Waals surface area contributed by atoms with Gasteiger partial charge in [-0.1, -0.05) is 60.7 Å². The number of fused-ring (bicyclic) bond motifs is 6. The third kappa shape index (κ3) is 3.80. The maximum atomic E-state index is 15.2. The Hall–Kier alpha value is -5.37. The van der Waals surface area contributed by atoms with Crippen molar-refractivity contribution in [2.45, 2.75) is 17.5 Å². The first-order valence-electron chi connectivity index (χ1n) is 14.3. The lowest BCUT2D eigenvalue weighted by molar-refractivity contribution is -0.121. The van der Waals surface area contributed by atoms with E-state index in [-0.39, 0.29) is 17.3 Å². The molecule has 1 amide bonds. The van der Waals surface area contributed by atoms with E-state index in [2.05, 4.69) is 5.32 Å². The molecule has 1 N–H and O–H groups in total. The van der Waals surface area contributed by atoms with Gasteiger partial charge in [-0.15, -0.1) is 0 Å². The van der Waals surface area contributed by atoms with Crippen molar-refractivity contribution >= 4 is 34.9 Å². The predicted molar refractivity (Wildman–Crippen MR) is 167 cm³/mol. The first kappa shape index (κ1) is 27.5. The highest BCUT2D eigenvalue weighted by Crippen LogP contribution is 2.58. The summed E-state index contributed by atoms with van der Waals surface area (Å²) in [5, 5.41) is 3.05. The number of hydrogen-bond donors (Lipinski definition) is 1. The van der Waals surface area contributed by atoms with Gasteiger partial charge in [-0.3, -0.25) is 14.4 Å². The fraction of sp³-hybridized carbons (Fsp3) is 0.194. The van der Waals surface area contributed by atoms with Gasteiger partial charge in [0.25, 0.3) is 0 Å². The molecular formula is C36H30N2O6. The molecule has 4 aromatic carbocycles. The number of methoxy groups -OCH3 is 3. The van der Waals surface area contributed by atoms with Crippen LogP contribution in [-0.2, 0) is 10.2 Å². The third-order valence-corrected chi connectivity index (χ3v) is 9.12. The Bertz CT molecular complexity index is 1870. The monoisotopic (exact) mass is 586 g/mol. The molecule has 3 aliphatic heterocycles. The fourth-order valence-corrected chi connectivity index (χ4v) is 7.24. The number of benzene rings is 4. The molecule has 0 unspecified atom stereocenters. The molecule has 3 heterocycles. The standard InChI is InChI=1S/C36H30N2O6/c1-42-23-11-8-10-22(19-23)33(39)32-31(34(40)25-20-24(43-2)16-17-29(25)44-3)36(26-12-5-6-13-27(26)37-35(36)41)30-18-15-21-9-4-7-14-28(21)38(30)32/h4-20,30-32H,1-3H3,(H,37,41)/t30-,31-,32+,36-/m1/s1. The average molecular weight is 587 g/mol. The minimum atomic E-state index is -1.44. The highest BCUT2D eigenvalue weighted by molar-refractivity contribution is 6.19. The molecule has 0 aromatic heterocycles. The summed E-state index contributed by atoms with van der Waals surface area (Å²) in [5.41, 5.74) is 2.12. The maximum absolute atomic E-state index is 15.2. The zero-order valence-electron chi connectivity index (χ0n) is 24.4. The van der Waals surface area contributed by atoms with Crippen LogP contribution in [0, 0.1) is 5.92 Å². The number of hydrogen-bond acceptors (Lipinski definition) is 7. The Kier molecular flexibility index (Phi) is 6.50. The number of nitrogens with zero attached hydrogens (tertiary/aromatic N) is 1. The van der Waals surface area contributed by atoms with Crippen molar-refractivity contribution in [3.05, 3.63) is 119 Å². The van der Waals surface area contributed by atoms with E-state index in [9.17, 15) is 9.59 Å². The van der Waals surface area contributed by atoms with E-state index in [4.69, 9.17) is 14.2 Å². The molecule has 4 aromatic rings. The zero-order valence-corrected chi connectivity index (χ0v) is 24.4. The lowest BCUT2D eigenvalue weighted by Gasteiger charge is -2.37. The molecule has 1 fully saturated rings. The van der Waals surface area contributed by atoms with Crippen molar-refractivity contribution in [3.63, 3.8) is 0 Å². The molecule has 0 radical (unpaired) electrons. The number of ketones is 2. The second-order valence-electron chi connectivity index (χ2n) is 11.1. The molecule has 1 spiro atoms. The lowest BCUT2D eigenvalue weighted by atomic mass is 9.64. The summed E-state index contributed by atoms with van der Waals surface area (Å²) in [5.74, 6) is -0.879. The quantitative estimate of drug-likeness (QED) is 0.283.